The highest BCUT2D eigenvalue weighted by Crippen LogP contribution is 2.29. The van der Waals surface area contributed by atoms with Crippen molar-refractivity contribution < 1.29 is 9.21 Å². The Morgan fingerprint density at radius 3 is 2.61 bits per heavy atom. The number of rotatable bonds is 4. The van der Waals surface area contributed by atoms with Crippen molar-refractivity contribution in [2.75, 3.05) is 5.32 Å². The molecule has 0 aliphatic rings. The second kappa shape index (κ2) is 6.83. The summed E-state index contributed by atoms with van der Waals surface area (Å²) in [6, 6.07) is 21.2. The van der Waals surface area contributed by atoms with Crippen molar-refractivity contribution in [3.05, 3.63) is 84.1 Å². The van der Waals surface area contributed by atoms with E-state index in [0.29, 0.717) is 4.88 Å². The third-order valence-electron chi connectivity index (χ3n) is 4.44. The number of anilines is 1. The molecular formula is C22H15N3O2S. The summed E-state index contributed by atoms with van der Waals surface area (Å²) in [6.45, 7) is 0. The minimum atomic E-state index is -0.128. The Kier molecular flexibility index (Phi) is 4.03. The van der Waals surface area contributed by atoms with Gasteiger partial charge in [-0.2, -0.15) is 0 Å². The monoisotopic (exact) mass is 385 g/mol. The van der Waals surface area contributed by atoms with Crippen LogP contribution in [0.25, 0.3) is 32.9 Å². The summed E-state index contributed by atoms with van der Waals surface area (Å²) in [6.07, 6.45) is 3.29. The summed E-state index contributed by atoms with van der Waals surface area (Å²) in [7, 11) is 0. The lowest BCUT2D eigenvalue weighted by molar-refractivity contribution is 0.103. The van der Waals surface area contributed by atoms with Crippen molar-refractivity contribution in [1.82, 2.24) is 9.97 Å². The SMILES string of the molecule is O=C(Nc1ccc(-c2nc3ccccc3[nH]2)cc1)c1ccc(-c2ccoc2)s1. The maximum Gasteiger partial charge on any atom is 0.265 e. The Balaban J connectivity index is 1.32. The van der Waals surface area contributed by atoms with Gasteiger partial charge in [-0.15, -0.1) is 11.3 Å². The number of carbonyl (C=O) groups is 1. The van der Waals surface area contributed by atoms with Gasteiger partial charge in [0.15, 0.2) is 0 Å². The molecule has 2 N–H and O–H groups in total. The van der Waals surface area contributed by atoms with E-state index in [9.17, 15) is 4.79 Å². The third kappa shape index (κ3) is 3.10. The first-order valence-electron chi connectivity index (χ1n) is 8.75. The molecule has 28 heavy (non-hydrogen) atoms. The minimum Gasteiger partial charge on any atom is -0.472 e. The molecule has 0 bridgehead atoms. The molecule has 5 rings (SSSR count). The van der Waals surface area contributed by atoms with Gasteiger partial charge in [-0.25, -0.2) is 4.98 Å². The molecule has 0 atom stereocenters. The van der Waals surface area contributed by atoms with Crippen molar-refractivity contribution >= 4 is 34.0 Å². The fourth-order valence-corrected chi connectivity index (χ4v) is 3.90. The van der Waals surface area contributed by atoms with Gasteiger partial charge in [0.2, 0.25) is 0 Å². The first-order valence-corrected chi connectivity index (χ1v) is 9.57. The number of thiophene rings is 1. The highest BCUT2D eigenvalue weighted by atomic mass is 32.1. The third-order valence-corrected chi connectivity index (χ3v) is 5.57. The van der Waals surface area contributed by atoms with Gasteiger partial charge in [0.1, 0.15) is 5.82 Å². The number of furan rings is 1. The number of imidazole rings is 1. The van der Waals surface area contributed by atoms with Crippen LogP contribution in [0.1, 0.15) is 9.67 Å². The maximum atomic E-state index is 12.5. The topological polar surface area (TPSA) is 70.9 Å². The van der Waals surface area contributed by atoms with Crippen LogP contribution < -0.4 is 5.32 Å². The summed E-state index contributed by atoms with van der Waals surface area (Å²) in [4.78, 5) is 22.1. The van der Waals surface area contributed by atoms with Crippen LogP contribution in [0.2, 0.25) is 0 Å². The Bertz CT molecular complexity index is 1220. The minimum absolute atomic E-state index is 0.128. The van der Waals surface area contributed by atoms with Crippen LogP contribution in [-0.2, 0) is 0 Å². The predicted molar refractivity (Wildman–Crippen MR) is 112 cm³/mol. The van der Waals surface area contributed by atoms with Gasteiger partial charge < -0.3 is 14.7 Å². The van der Waals surface area contributed by atoms with Gasteiger partial charge in [0.25, 0.3) is 5.91 Å². The number of carbonyl (C=O) groups excluding carboxylic acids is 1. The highest BCUT2D eigenvalue weighted by molar-refractivity contribution is 7.17. The summed E-state index contributed by atoms with van der Waals surface area (Å²) in [5.41, 5.74) is 4.61. The lowest BCUT2D eigenvalue weighted by atomic mass is 10.2. The Morgan fingerprint density at radius 1 is 0.964 bits per heavy atom. The zero-order chi connectivity index (χ0) is 18.9. The van der Waals surface area contributed by atoms with Crippen molar-refractivity contribution in [3.8, 4) is 21.8 Å². The normalized spacial score (nSPS) is 11.0. The number of benzene rings is 2. The second-order valence-electron chi connectivity index (χ2n) is 6.31. The van der Waals surface area contributed by atoms with Crippen molar-refractivity contribution in [3.63, 3.8) is 0 Å². The number of hydrogen-bond acceptors (Lipinski definition) is 4. The number of aromatic nitrogens is 2. The van der Waals surface area contributed by atoms with Gasteiger partial charge in [-0.1, -0.05) is 12.1 Å². The molecule has 3 heterocycles. The van der Waals surface area contributed by atoms with E-state index in [0.717, 1.165) is 38.5 Å². The molecule has 0 aliphatic heterocycles. The smallest absolute Gasteiger partial charge is 0.265 e. The molecule has 0 aliphatic carbocycles. The molecule has 1 amide bonds. The van der Waals surface area contributed by atoms with Crippen LogP contribution in [0.3, 0.4) is 0 Å². The van der Waals surface area contributed by atoms with E-state index in [4.69, 9.17) is 4.42 Å². The van der Waals surface area contributed by atoms with Crippen LogP contribution in [0.15, 0.2) is 83.7 Å². The second-order valence-corrected chi connectivity index (χ2v) is 7.39. The molecule has 5 aromatic rings. The maximum absolute atomic E-state index is 12.5. The molecule has 136 valence electrons. The van der Waals surface area contributed by atoms with Crippen LogP contribution in [0, 0.1) is 0 Å². The average molecular weight is 385 g/mol. The quantitative estimate of drug-likeness (QED) is 0.410. The van der Waals surface area contributed by atoms with Gasteiger partial charge >= 0.3 is 0 Å². The van der Waals surface area contributed by atoms with E-state index in [2.05, 4.69) is 15.3 Å². The molecule has 0 fully saturated rings. The van der Waals surface area contributed by atoms with Gasteiger partial charge in [0, 0.05) is 21.7 Å². The van der Waals surface area contributed by atoms with Crippen LogP contribution in [-0.4, -0.2) is 15.9 Å². The number of hydrogen-bond donors (Lipinski definition) is 2. The molecule has 0 saturated carbocycles. The molecule has 3 aromatic heterocycles. The van der Waals surface area contributed by atoms with E-state index in [1.165, 1.54) is 11.3 Å². The van der Waals surface area contributed by atoms with Gasteiger partial charge in [-0.05, 0) is 54.6 Å². The average Bonchev–Trinajstić information content (AvgIpc) is 3.48. The summed E-state index contributed by atoms with van der Waals surface area (Å²) >= 11 is 1.43. The number of para-hydroxylation sites is 2. The molecule has 0 radical (unpaired) electrons. The number of fused-ring (bicyclic) bond motifs is 1. The molecule has 5 nitrogen and oxygen atoms in total. The molecule has 0 unspecified atom stereocenters. The largest absolute Gasteiger partial charge is 0.472 e. The first-order chi connectivity index (χ1) is 13.8. The number of H-pyrrole nitrogens is 1. The summed E-state index contributed by atoms with van der Waals surface area (Å²) in [5, 5.41) is 2.94. The van der Waals surface area contributed by atoms with E-state index in [1.807, 2.05) is 66.7 Å². The fraction of sp³-hybridized carbons (Fsp3) is 0. The molecule has 0 spiro atoms. The summed E-state index contributed by atoms with van der Waals surface area (Å²) < 4.78 is 5.10. The van der Waals surface area contributed by atoms with Crippen molar-refractivity contribution in [2.24, 2.45) is 0 Å². The Labute approximate surface area is 164 Å². The Morgan fingerprint density at radius 2 is 1.82 bits per heavy atom. The van der Waals surface area contributed by atoms with Crippen molar-refractivity contribution in [2.45, 2.75) is 0 Å². The van der Waals surface area contributed by atoms with Crippen LogP contribution in [0.5, 0.6) is 0 Å². The highest BCUT2D eigenvalue weighted by Gasteiger charge is 2.12. The Hall–Kier alpha value is -3.64. The number of nitrogens with one attached hydrogen (secondary N) is 2. The lowest BCUT2D eigenvalue weighted by Crippen LogP contribution is -2.09. The molecule has 6 heteroatoms. The predicted octanol–water partition coefficient (Wildman–Crippen LogP) is 5.80. The van der Waals surface area contributed by atoms with Crippen LogP contribution >= 0.6 is 11.3 Å². The molecule has 0 saturated heterocycles. The first kappa shape index (κ1) is 16.5. The van der Waals surface area contributed by atoms with Crippen LogP contribution in [0.4, 0.5) is 5.69 Å². The van der Waals surface area contributed by atoms with E-state index < -0.39 is 0 Å². The molecular weight excluding hydrogens is 370 g/mol. The van der Waals surface area contributed by atoms with E-state index in [-0.39, 0.29) is 5.91 Å². The summed E-state index contributed by atoms with van der Waals surface area (Å²) in [5.74, 6) is 0.679. The van der Waals surface area contributed by atoms with Crippen molar-refractivity contribution in [1.29, 1.82) is 0 Å². The standard InChI is InChI=1S/C22H15N3O2S/c26-22(20-10-9-19(28-20)15-11-12-27-13-15)23-16-7-5-14(6-8-16)21-24-17-3-1-2-4-18(17)25-21/h1-13H,(H,23,26)(H,24,25). The molecule has 2 aromatic carbocycles. The number of nitrogens with zero attached hydrogens (tertiary/aromatic N) is 1. The number of amides is 1. The fourth-order valence-electron chi connectivity index (χ4n) is 3.01. The van der Waals surface area contributed by atoms with E-state index >= 15 is 0 Å². The zero-order valence-corrected chi connectivity index (χ0v) is 15.5. The van der Waals surface area contributed by atoms with E-state index in [1.54, 1.807) is 12.5 Å². The lowest BCUT2D eigenvalue weighted by Gasteiger charge is -2.04. The van der Waals surface area contributed by atoms with Gasteiger partial charge in [0.05, 0.1) is 28.4 Å². The zero-order valence-electron chi connectivity index (χ0n) is 14.7. The van der Waals surface area contributed by atoms with Gasteiger partial charge in [-0.3, -0.25) is 4.79 Å². The number of aromatic amines is 1.